The molecule has 0 N–H and O–H groups in total. The van der Waals surface area contributed by atoms with Crippen LogP contribution in [0.3, 0.4) is 0 Å². The first-order valence-electron chi connectivity index (χ1n) is 8.69. The zero-order chi connectivity index (χ0) is 18.7. The SMILES string of the molecule is Cc1cccc(N2CCN(C(=O)/C=C\c3c(Cl)cccc3Cl)CC2)c1C. The highest BCUT2D eigenvalue weighted by atomic mass is 35.5. The zero-order valence-corrected chi connectivity index (χ0v) is 16.5. The van der Waals surface area contributed by atoms with Crippen molar-refractivity contribution < 1.29 is 4.79 Å². The van der Waals surface area contributed by atoms with E-state index in [1.54, 1.807) is 30.4 Å². The lowest BCUT2D eigenvalue weighted by Gasteiger charge is -2.36. The van der Waals surface area contributed by atoms with Gasteiger partial charge in [-0.1, -0.05) is 41.4 Å². The molecule has 1 amide bonds. The third kappa shape index (κ3) is 4.05. The average Bonchev–Trinajstić information content (AvgIpc) is 2.63. The number of carbonyl (C=O) groups excluding carboxylic acids is 1. The first-order chi connectivity index (χ1) is 12.5. The molecule has 5 heteroatoms. The molecule has 2 aromatic carbocycles. The monoisotopic (exact) mass is 388 g/mol. The van der Waals surface area contributed by atoms with Gasteiger partial charge in [0.05, 0.1) is 0 Å². The quantitative estimate of drug-likeness (QED) is 0.692. The number of anilines is 1. The Kier molecular flexibility index (Phi) is 5.90. The summed E-state index contributed by atoms with van der Waals surface area (Å²) in [6.45, 7) is 7.34. The fraction of sp³-hybridized carbons (Fsp3) is 0.286. The molecule has 1 fully saturated rings. The van der Waals surface area contributed by atoms with Crippen LogP contribution in [0.25, 0.3) is 6.08 Å². The Morgan fingerprint density at radius 3 is 2.23 bits per heavy atom. The molecular weight excluding hydrogens is 367 g/mol. The second kappa shape index (κ2) is 8.15. The number of hydrogen-bond donors (Lipinski definition) is 0. The van der Waals surface area contributed by atoms with E-state index in [1.807, 2.05) is 4.90 Å². The Bertz CT molecular complexity index is 820. The molecule has 26 heavy (non-hydrogen) atoms. The molecule has 1 heterocycles. The van der Waals surface area contributed by atoms with Crippen LogP contribution >= 0.6 is 23.2 Å². The van der Waals surface area contributed by atoms with Crippen molar-refractivity contribution in [3.05, 3.63) is 69.2 Å². The minimum Gasteiger partial charge on any atom is -0.368 e. The number of carbonyl (C=O) groups is 1. The Morgan fingerprint density at radius 2 is 1.58 bits per heavy atom. The highest BCUT2D eigenvalue weighted by Crippen LogP contribution is 2.26. The van der Waals surface area contributed by atoms with Gasteiger partial charge in [-0.15, -0.1) is 0 Å². The summed E-state index contributed by atoms with van der Waals surface area (Å²) in [6.07, 6.45) is 3.25. The van der Waals surface area contributed by atoms with Crippen molar-refractivity contribution in [3.8, 4) is 0 Å². The van der Waals surface area contributed by atoms with Gasteiger partial charge in [0.2, 0.25) is 5.91 Å². The van der Waals surface area contributed by atoms with Crippen LogP contribution in [0.4, 0.5) is 5.69 Å². The lowest BCUT2D eigenvalue weighted by Crippen LogP contribution is -2.48. The number of piperazine rings is 1. The molecule has 3 rings (SSSR count). The molecule has 1 saturated heterocycles. The molecule has 0 atom stereocenters. The summed E-state index contributed by atoms with van der Waals surface area (Å²) >= 11 is 12.3. The van der Waals surface area contributed by atoms with Crippen LogP contribution in [-0.2, 0) is 4.79 Å². The standard InChI is InChI=1S/C21H22Cl2N2O/c1-15-5-3-8-20(16(15)2)24-11-13-25(14-12-24)21(26)10-9-17-18(22)6-4-7-19(17)23/h3-10H,11-14H2,1-2H3/b10-9-. The number of rotatable bonds is 3. The van der Waals surface area contributed by atoms with E-state index in [-0.39, 0.29) is 5.91 Å². The van der Waals surface area contributed by atoms with E-state index >= 15 is 0 Å². The molecule has 0 aliphatic carbocycles. The molecule has 3 nitrogen and oxygen atoms in total. The molecule has 2 aromatic rings. The minimum absolute atomic E-state index is 0.0124. The number of halogens is 2. The van der Waals surface area contributed by atoms with Crippen LogP contribution in [0.15, 0.2) is 42.5 Å². The summed E-state index contributed by atoms with van der Waals surface area (Å²) in [5, 5.41) is 1.09. The molecule has 136 valence electrons. The summed E-state index contributed by atoms with van der Waals surface area (Å²) < 4.78 is 0. The lowest BCUT2D eigenvalue weighted by molar-refractivity contribution is -0.126. The van der Waals surface area contributed by atoms with Gasteiger partial charge >= 0.3 is 0 Å². The first-order valence-corrected chi connectivity index (χ1v) is 9.45. The summed E-state index contributed by atoms with van der Waals surface area (Å²) in [4.78, 5) is 16.7. The Balaban J connectivity index is 1.64. The van der Waals surface area contributed by atoms with Crippen LogP contribution in [0, 0.1) is 13.8 Å². The number of benzene rings is 2. The Hall–Kier alpha value is -1.97. The van der Waals surface area contributed by atoms with E-state index in [0.29, 0.717) is 28.7 Å². The molecule has 0 saturated carbocycles. The van der Waals surface area contributed by atoms with Crippen LogP contribution in [0.5, 0.6) is 0 Å². The first kappa shape index (κ1) is 18.8. The topological polar surface area (TPSA) is 23.6 Å². The van der Waals surface area contributed by atoms with Crippen molar-refractivity contribution in [1.82, 2.24) is 4.90 Å². The Morgan fingerprint density at radius 1 is 0.962 bits per heavy atom. The summed E-state index contributed by atoms with van der Waals surface area (Å²) in [7, 11) is 0. The molecular formula is C21H22Cl2N2O. The predicted molar refractivity (Wildman–Crippen MR) is 110 cm³/mol. The molecule has 0 unspecified atom stereocenters. The van der Waals surface area contributed by atoms with Crippen LogP contribution < -0.4 is 4.90 Å². The maximum absolute atomic E-state index is 12.5. The van der Waals surface area contributed by atoms with Gasteiger partial charge in [-0.3, -0.25) is 4.79 Å². The predicted octanol–water partition coefficient (Wildman–Crippen LogP) is 4.97. The number of nitrogens with zero attached hydrogens (tertiary/aromatic N) is 2. The fourth-order valence-electron chi connectivity index (χ4n) is 3.18. The van der Waals surface area contributed by atoms with E-state index in [4.69, 9.17) is 23.2 Å². The van der Waals surface area contributed by atoms with E-state index in [0.717, 1.165) is 13.1 Å². The lowest BCUT2D eigenvalue weighted by atomic mass is 10.1. The summed E-state index contributed by atoms with van der Waals surface area (Å²) in [5.41, 5.74) is 4.54. The van der Waals surface area contributed by atoms with Crippen molar-refractivity contribution in [2.45, 2.75) is 13.8 Å². The van der Waals surface area contributed by atoms with E-state index in [1.165, 1.54) is 16.8 Å². The maximum Gasteiger partial charge on any atom is 0.246 e. The molecule has 0 aromatic heterocycles. The van der Waals surface area contributed by atoms with E-state index in [9.17, 15) is 4.79 Å². The van der Waals surface area contributed by atoms with Gasteiger partial charge in [0.1, 0.15) is 0 Å². The van der Waals surface area contributed by atoms with Crippen molar-refractivity contribution >= 4 is 40.9 Å². The highest BCUT2D eigenvalue weighted by Gasteiger charge is 2.21. The smallest absolute Gasteiger partial charge is 0.246 e. The van der Waals surface area contributed by atoms with E-state index < -0.39 is 0 Å². The average molecular weight is 389 g/mol. The molecule has 0 bridgehead atoms. The number of amides is 1. The largest absolute Gasteiger partial charge is 0.368 e. The minimum atomic E-state index is -0.0124. The second-order valence-electron chi connectivity index (χ2n) is 6.50. The highest BCUT2D eigenvalue weighted by molar-refractivity contribution is 6.37. The van der Waals surface area contributed by atoms with Gasteiger partial charge in [0.25, 0.3) is 0 Å². The second-order valence-corrected chi connectivity index (χ2v) is 7.31. The van der Waals surface area contributed by atoms with Crippen LogP contribution in [0.1, 0.15) is 16.7 Å². The molecule has 1 aliphatic rings. The molecule has 0 radical (unpaired) electrons. The van der Waals surface area contributed by atoms with Gasteiger partial charge in [0.15, 0.2) is 0 Å². The van der Waals surface area contributed by atoms with Crippen molar-refractivity contribution in [2.75, 3.05) is 31.1 Å². The third-order valence-corrected chi connectivity index (χ3v) is 5.56. The number of aryl methyl sites for hydroxylation is 1. The maximum atomic E-state index is 12.5. The summed E-state index contributed by atoms with van der Waals surface area (Å²) in [5.74, 6) is -0.0124. The van der Waals surface area contributed by atoms with Gasteiger partial charge < -0.3 is 9.80 Å². The molecule has 0 spiro atoms. The fourth-order valence-corrected chi connectivity index (χ4v) is 3.70. The van der Waals surface area contributed by atoms with Gasteiger partial charge in [-0.2, -0.15) is 0 Å². The number of hydrogen-bond acceptors (Lipinski definition) is 2. The van der Waals surface area contributed by atoms with Gasteiger partial charge in [-0.05, 0) is 49.2 Å². The van der Waals surface area contributed by atoms with Gasteiger partial charge in [0, 0.05) is 53.6 Å². The van der Waals surface area contributed by atoms with Crippen molar-refractivity contribution in [2.24, 2.45) is 0 Å². The van der Waals surface area contributed by atoms with Crippen LogP contribution in [-0.4, -0.2) is 37.0 Å². The van der Waals surface area contributed by atoms with Gasteiger partial charge in [-0.25, -0.2) is 0 Å². The normalized spacial score (nSPS) is 14.9. The van der Waals surface area contributed by atoms with Crippen molar-refractivity contribution in [1.29, 1.82) is 0 Å². The molecule has 1 aliphatic heterocycles. The zero-order valence-electron chi connectivity index (χ0n) is 15.0. The van der Waals surface area contributed by atoms with Crippen molar-refractivity contribution in [3.63, 3.8) is 0 Å². The van der Waals surface area contributed by atoms with E-state index in [2.05, 4.69) is 36.9 Å². The van der Waals surface area contributed by atoms with Crippen LogP contribution in [0.2, 0.25) is 10.0 Å². The third-order valence-electron chi connectivity index (χ3n) is 4.90. The Labute approximate surface area is 164 Å². The summed E-state index contributed by atoms with van der Waals surface area (Å²) in [6, 6.07) is 11.7.